The van der Waals surface area contributed by atoms with Crippen LogP contribution in [0.4, 0.5) is 9.59 Å². The van der Waals surface area contributed by atoms with Gasteiger partial charge >= 0.3 is 12.2 Å². The Bertz CT molecular complexity index is 1660. The third-order valence-electron chi connectivity index (χ3n) is 7.10. The van der Waals surface area contributed by atoms with Gasteiger partial charge in [-0.25, -0.2) is 14.6 Å². The summed E-state index contributed by atoms with van der Waals surface area (Å²) in [4.78, 5) is 35.0. The Hall–Kier alpha value is -3.43. The number of hydrogen-bond donors (Lipinski definition) is 0. The number of aromatic nitrogens is 2. The summed E-state index contributed by atoms with van der Waals surface area (Å²) >= 11 is 3.61. The fraction of sp³-hybridized carbons (Fsp3) is 0.424. The van der Waals surface area contributed by atoms with Crippen molar-refractivity contribution in [2.45, 2.75) is 66.2 Å². The van der Waals surface area contributed by atoms with Gasteiger partial charge in [-0.15, -0.1) is 0 Å². The smallest absolute Gasteiger partial charge is 0.419 e. The summed E-state index contributed by atoms with van der Waals surface area (Å²) in [6.07, 6.45) is 1.14. The van der Waals surface area contributed by atoms with Gasteiger partial charge in [0.25, 0.3) is 0 Å². The summed E-state index contributed by atoms with van der Waals surface area (Å²) in [7, 11) is 0. The second-order valence-corrected chi connectivity index (χ2v) is 13.9. The Balaban J connectivity index is 1.51. The molecule has 8 nitrogen and oxygen atoms in total. The number of pyridine rings is 1. The fourth-order valence-corrected chi connectivity index (χ4v) is 5.56. The molecule has 0 aliphatic carbocycles. The normalized spacial score (nSPS) is 14.9. The molecule has 5 rings (SSSR count). The van der Waals surface area contributed by atoms with Gasteiger partial charge in [-0.1, -0.05) is 28.1 Å². The zero-order valence-corrected chi connectivity index (χ0v) is 27.0. The molecule has 222 valence electrons. The van der Waals surface area contributed by atoms with E-state index < -0.39 is 17.3 Å². The standard InChI is InChI=1S/C33H39BrN4O4/c1-21-8-10-24-22(19-36-12-14-37(15-13-36)30(39)41-32(2,3)4)17-28(35-27(24)16-21)26-20-38(31(40)42-33(5,6)7)29-11-9-23(34)18-25(26)29/h8-11,16-18,20H,12-15,19H2,1-7H3. The van der Waals surface area contributed by atoms with Crippen molar-refractivity contribution in [3.63, 3.8) is 0 Å². The minimum atomic E-state index is -0.622. The van der Waals surface area contributed by atoms with Gasteiger partial charge in [-0.05, 0) is 89.9 Å². The zero-order valence-electron chi connectivity index (χ0n) is 25.5. The SMILES string of the molecule is Cc1ccc2c(CN3CCN(C(=O)OC(C)(C)C)CC3)cc(-c3cn(C(=O)OC(C)(C)C)c4ccc(Br)cc34)nc2c1. The number of fused-ring (bicyclic) bond motifs is 2. The van der Waals surface area contributed by atoms with Crippen molar-refractivity contribution in [2.24, 2.45) is 0 Å². The predicted molar refractivity (Wildman–Crippen MR) is 170 cm³/mol. The van der Waals surface area contributed by atoms with Crippen LogP contribution in [0, 0.1) is 6.92 Å². The van der Waals surface area contributed by atoms with Crippen LogP contribution in [-0.2, 0) is 16.0 Å². The minimum Gasteiger partial charge on any atom is -0.444 e. The summed E-state index contributed by atoms with van der Waals surface area (Å²) in [5.74, 6) is 0. The Morgan fingerprint density at radius 1 is 0.857 bits per heavy atom. The summed E-state index contributed by atoms with van der Waals surface area (Å²) in [5.41, 5.74) is 4.45. The molecule has 1 saturated heterocycles. The number of aryl methyl sites for hydroxylation is 1. The van der Waals surface area contributed by atoms with Gasteiger partial charge in [0.1, 0.15) is 11.2 Å². The highest BCUT2D eigenvalue weighted by molar-refractivity contribution is 9.10. The first-order valence-corrected chi connectivity index (χ1v) is 15.1. The molecule has 42 heavy (non-hydrogen) atoms. The topological polar surface area (TPSA) is 76.9 Å². The number of hydrogen-bond acceptors (Lipinski definition) is 6. The maximum atomic E-state index is 13.2. The van der Waals surface area contributed by atoms with Crippen LogP contribution in [-0.4, -0.2) is 68.9 Å². The third kappa shape index (κ3) is 6.79. The maximum absolute atomic E-state index is 13.2. The summed E-state index contributed by atoms with van der Waals surface area (Å²) in [6, 6.07) is 14.3. The number of piperazine rings is 1. The summed E-state index contributed by atoms with van der Waals surface area (Å²) in [6.45, 7) is 16.7. The third-order valence-corrected chi connectivity index (χ3v) is 7.59. The van der Waals surface area contributed by atoms with E-state index in [2.05, 4.69) is 52.0 Å². The molecule has 9 heteroatoms. The molecule has 1 fully saturated rings. The van der Waals surface area contributed by atoms with Crippen molar-refractivity contribution in [3.8, 4) is 11.3 Å². The number of halogens is 1. The lowest BCUT2D eigenvalue weighted by molar-refractivity contribution is 0.0139. The molecule has 1 amide bonds. The van der Waals surface area contributed by atoms with Gasteiger partial charge in [0.05, 0.1) is 16.7 Å². The maximum Gasteiger partial charge on any atom is 0.419 e. The van der Waals surface area contributed by atoms with E-state index in [0.29, 0.717) is 19.6 Å². The van der Waals surface area contributed by atoms with Crippen LogP contribution in [0.1, 0.15) is 52.7 Å². The molecule has 0 radical (unpaired) electrons. The van der Waals surface area contributed by atoms with Crippen molar-refractivity contribution in [1.82, 2.24) is 19.4 Å². The average molecular weight is 636 g/mol. The summed E-state index contributed by atoms with van der Waals surface area (Å²) < 4.78 is 13.8. The summed E-state index contributed by atoms with van der Waals surface area (Å²) in [5, 5.41) is 2.00. The van der Waals surface area contributed by atoms with E-state index >= 15 is 0 Å². The van der Waals surface area contributed by atoms with Gasteiger partial charge < -0.3 is 14.4 Å². The lowest BCUT2D eigenvalue weighted by atomic mass is 10.0. The zero-order chi connectivity index (χ0) is 30.4. The Labute approximate surface area is 255 Å². The molecule has 0 N–H and O–H groups in total. The Morgan fingerprint density at radius 2 is 1.52 bits per heavy atom. The second-order valence-electron chi connectivity index (χ2n) is 13.0. The largest absolute Gasteiger partial charge is 0.444 e. The first kappa shape index (κ1) is 30.0. The van der Waals surface area contributed by atoms with Gasteiger partial charge in [-0.2, -0.15) is 0 Å². The van der Waals surface area contributed by atoms with Crippen LogP contribution >= 0.6 is 15.9 Å². The van der Waals surface area contributed by atoms with E-state index in [9.17, 15) is 9.59 Å². The predicted octanol–water partition coefficient (Wildman–Crippen LogP) is 7.76. The van der Waals surface area contributed by atoms with E-state index in [4.69, 9.17) is 14.5 Å². The molecule has 3 heterocycles. The van der Waals surface area contributed by atoms with E-state index in [1.165, 1.54) is 0 Å². The quantitative estimate of drug-likeness (QED) is 0.229. The van der Waals surface area contributed by atoms with E-state index in [-0.39, 0.29) is 6.09 Å². The molecule has 1 aliphatic rings. The fourth-order valence-electron chi connectivity index (χ4n) is 5.20. The van der Waals surface area contributed by atoms with E-state index in [1.54, 1.807) is 9.47 Å². The van der Waals surface area contributed by atoms with Crippen molar-refractivity contribution in [3.05, 3.63) is 64.3 Å². The number of rotatable bonds is 3. The molecule has 1 aliphatic heterocycles. The highest BCUT2D eigenvalue weighted by Crippen LogP contribution is 2.35. The number of carbonyl (C=O) groups excluding carboxylic acids is 2. The number of carbonyl (C=O) groups is 2. The van der Waals surface area contributed by atoms with Crippen LogP contribution in [0.25, 0.3) is 33.1 Å². The highest BCUT2D eigenvalue weighted by atomic mass is 79.9. The first-order chi connectivity index (χ1) is 19.7. The number of amides is 1. The van der Waals surface area contributed by atoms with Crippen molar-refractivity contribution >= 4 is 49.9 Å². The van der Waals surface area contributed by atoms with Crippen molar-refractivity contribution in [1.29, 1.82) is 0 Å². The lowest BCUT2D eigenvalue weighted by Gasteiger charge is -2.35. The van der Waals surface area contributed by atoms with Crippen LogP contribution in [0.15, 0.2) is 53.1 Å². The molecule has 2 aromatic heterocycles. The first-order valence-electron chi connectivity index (χ1n) is 14.3. The van der Waals surface area contributed by atoms with E-state index in [0.717, 1.165) is 61.8 Å². The van der Waals surface area contributed by atoms with Gasteiger partial charge in [0.2, 0.25) is 0 Å². The highest BCUT2D eigenvalue weighted by Gasteiger charge is 2.27. The second kappa shape index (κ2) is 11.3. The van der Waals surface area contributed by atoms with Crippen molar-refractivity contribution in [2.75, 3.05) is 26.2 Å². The van der Waals surface area contributed by atoms with Gasteiger partial charge in [-0.3, -0.25) is 9.47 Å². The van der Waals surface area contributed by atoms with Crippen LogP contribution in [0.3, 0.4) is 0 Å². The van der Waals surface area contributed by atoms with Crippen LogP contribution in [0.5, 0.6) is 0 Å². The minimum absolute atomic E-state index is 0.262. The molecule has 0 bridgehead atoms. The molecule has 2 aromatic carbocycles. The molecular weight excluding hydrogens is 596 g/mol. The van der Waals surface area contributed by atoms with Crippen LogP contribution in [0.2, 0.25) is 0 Å². The number of ether oxygens (including phenoxy) is 2. The van der Waals surface area contributed by atoms with Crippen LogP contribution < -0.4 is 0 Å². The lowest BCUT2D eigenvalue weighted by Crippen LogP contribution is -2.49. The number of nitrogens with zero attached hydrogens (tertiary/aromatic N) is 4. The van der Waals surface area contributed by atoms with Gasteiger partial charge in [0, 0.05) is 59.7 Å². The monoisotopic (exact) mass is 634 g/mol. The molecule has 0 spiro atoms. The van der Waals surface area contributed by atoms with E-state index in [1.807, 2.05) is 65.9 Å². The molecule has 0 atom stereocenters. The molecule has 0 unspecified atom stereocenters. The van der Waals surface area contributed by atoms with Crippen molar-refractivity contribution < 1.29 is 19.1 Å². The Kier molecular flexibility index (Phi) is 8.11. The average Bonchev–Trinajstić information content (AvgIpc) is 3.25. The molecule has 0 saturated carbocycles. The number of benzene rings is 2. The molecular formula is C33H39BrN4O4. The molecule has 4 aromatic rings. The van der Waals surface area contributed by atoms with Gasteiger partial charge in [0.15, 0.2) is 0 Å². The Morgan fingerprint density at radius 3 is 2.19 bits per heavy atom.